The molecule has 0 aromatic heterocycles. The molecule has 0 bridgehead atoms. The molecule has 20 heavy (non-hydrogen) atoms. The minimum absolute atomic E-state index is 0.122. The van der Waals surface area contributed by atoms with Gasteiger partial charge in [0.2, 0.25) is 0 Å². The molecule has 1 aliphatic carbocycles. The van der Waals surface area contributed by atoms with Crippen LogP contribution in [0.15, 0.2) is 18.2 Å². The van der Waals surface area contributed by atoms with Crippen LogP contribution < -0.4 is 0 Å². The summed E-state index contributed by atoms with van der Waals surface area (Å²) in [5, 5.41) is 9.97. The summed E-state index contributed by atoms with van der Waals surface area (Å²) in [6.45, 7) is 2.37. The van der Waals surface area contributed by atoms with Gasteiger partial charge in [0.1, 0.15) is 11.6 Å². The van der Waals surface area contributed by atoms with Gasteiger partial charge in [0.05, 0.1) is 12.7 Å². The summed E-state index contributed by atoms with van der Waals surface area (Å²) < 4.78 is 31.8. The van der Waals surface area contributed by atoms with Crippen LogP contribution in [0.5, 0.6) is 0 Å². The number of rotatable bonds is 8. The van der Waals surface area contributed by atoms with Gasteiger partial charge in [-0.1, -0.05) is 6.07 Å². The number of nitrogens with zero attached hydrogens (tertiary/aromatic N) is 1. The van der Waals surface area contributed by atoms with Crippen LogP contribution in [0.3, 0.4) is 0 Å². The number of benzene rings is 1. The van der Waals surface area contributed by atoms with E-state index in [1.54, 1.807) is 0 Å². The molecule has 0 saturated heterocycles. The largest absolute Gasteiger partial charge is 0.387 e. The highest BCUT2D eigenvalue weighted by Crippen LogP contribution is 2.28. The van der Waals surface area contributed by atoms with Crippen molar-refractivity contribution in [2.75, 3.05) is 33.4 Å². The number of hydrogen-bond donors (Lipinski definition) is 1. The van der Waals surface area contributed by atoms with Gasteiger partial charge in [0.25, 0.3) is 0 Å². The van der Waals surface area contributed by atoms with E-state index in [2.05, 4.69) is 0 Å². The van der Waals surface area contributed by atoms with Crippen molar-refractivity contribution in [1.29, 1.82) is 0 Å². The van der Waals surface area contributed by atoms with Crippen molar-refractivity contribution in [3.8, 4) is 0 Å². The molecule has 1 atom stereocenters. The van der Waals surface area contributed by atoms with Crippen molar-refractivity contribution in [2.45, 2.75) is 18.9 Å². The second-order valence-corrected chi connectivity index (χ2v) is 5.46. The Kier molecular flexibility index (Phi) is 5.46. The number of aliphatic hydroxyl groups excluding tert-OH is 1. The Morgan fingerprint density at radius 2 is 2.15 bits per heavy atom. The van der Waals surface area contributed by atoms with Crippen molar-refractivity contribution >= 4 is 0 Å². The van der Waals surface area contributed by atoms with Gasteiger partial charge in [-0.25, -0.2) is 8.78 Å². The van der Waals surface area contributed by atoms with E-state index in [0.29, 0.717) is 13.2 Å². The zero-order chi connectivity index (χ0) is 14.5. The molecule has 1 aromatic rings. The molecule has 112 valence electrons. The highest BCUT2D eigenvalue weighted by molar-refractivity contribution is 5.21. The lowest BCUT2D eigenvalue weighted by molar-refractivity contribution is 0.0783. The van der Waals surface area contributed by atoms with E-state index in [1.165, 1.54) is 18.9 Å². The first-order valence-corrected chi connectivity index (χ1v) is 6.95. The molecule has 1 fully saturated rings. The summed E-state index contributed by atoms with van der Waals surface area (Å²) >= 11 is 0. The molecular formula is C15H21F2NO2. The zero-order valence-electron chi connectivity index (χ0n) is 11.7. The summed E-state index contributed by atoms with van der Waals surface area (Å²) in [4.78, 5) is 1.88. The summed E-state index contributed by atoms with van der Waals surface area (Å²) in [5.74, 6) is -0.615. The average Bonchev–Trinajstić information content (AvgIpc) is 3.18. The van der Waals surface area contributed by atoms with Gasteiger partial charge < -0.3 is 14.7 Å². The second-order valence-electron chi connectivity index (χ2n) is 5.46. The second kappa shape index (κ2) is 7.11. The Morgan fingerprint density at radius 3 is 2.80 bits per heavy atom. The first-order chi connectivity index (χ1) is 9.56. The number of likely N-dealkylation sites (N-methyl/N-ethyl adjacent to an activating group) is 1. The van der Waals surface area contributed by atoms with E-state index in [0.717, 1.165) is 24.7 Å². The van der Waals surface area contributed by atoms with Crippen molar-refractivity contribution in [3.05, 3.63) is 35.4 Å². The molecule has 1 unspecified atom stereocenters. The maximum absolute atomic E-state index is 13.5. The zero-order valence-corrected chi connectivity index (χ0v) is 11.7. The number of hydrogen-bond acceptors (Lipinski definition) is 3. The lowest BCUT2D eigenvalue weighted by Crippen LogP contribution is -2.28. The maximum Gasteiger partial charge on any atom is 0.131 e. The van der Waals surface area contributed by atoms with Gasteiger partial charge in [-0.2, -0.15) is 0 Å². The van der Waals surface area contributed by atoms with E-state index in [9.17, 15) is 13.9 Å². The quantitative estimate of drug-likeness (QED) is 0.744. The number of ether oxygens (including phenoxy) is 1. The molecule has 0 aliphatic heterocycles. The summed E-state index contributed by atoms with van der Waals surface area (Å²) in [7, 11) is 1.84. The third-order valence-electron chi connectivity index (χ3n) is 3.47. The molecule has 0 spiro atoms. The van der Waals surface area contributed by atoms with Gasteiger partial charge in [-0.3, -0.25) is 0 Å². The topological polar surface area (TPSA) is 32.7 Å². The fourth-order valence-corrected chi connectivity index (χ4v) is 2.01. The van der Waals surface area contributed by atoms with Crippen LogP contribution in [0.2, 0.25) is 0 Å². The predicted octanol–water partition coefficient (Wildman–Crippen LogP) is 2.36. The fraction of sp³-hybridized carbons (Fsp3) is 0.600. The molecule has 3 nitrogen and oxygen atoms in total. The molecule has 2 rings (SSSR count). The third kappa shape index (κ3) is 4.81. The molecule has 0 heterocycles. The average molecular weight is 285 g/mol. The Balaban J connectivity index is 1.72. The normalized spacial score (nSPS) is 16.6. The molecule has 1 saturated carbocycles. The monoisotopic (exact) mass is 285 g/mol. The maximum atomic E-state index is 13.5. The van der Waals surface area contributed by atoms with Gasteiger partial charge in [0, 0.05) is 31.3 Å². The summed E-state index contributed by atoms with van der Waals surface area (Å²) in [6.07, 6.45) is 1.56. The molecule has 1 aliphatic rings. The Hall–Kier alpha value is -1.04. The molecule has 0 amide bonds. The first kappa shape index (κ1) is 15.4. The van der Waals surface area contributed by atoms with E-state index < -0.39 is 17.7 Å². The Labute approximate surface area is 118 Å². The minimum Gasteiger partial charge on any atom is -0.387 e. The van der Waals surface area contributed by atoms with Crippen molar-refractivity contribution in [3.63, 3.8) is 0 Å². The van der Waals surface area contributed by atoms with Gasteiger partial charge in [-0.15, -0.1) is 0 Å². The van der Waals surface area contributed by atoms with Crippen LogP contribution in [0, 0.1) is 17.6 Å². The van der Waals surface area contributed by atoms with Crippen LogP contribution in [0.25, 0.3) is 0 Å². The predicted molar refractivity (Wildman–Crippen MR) is 72.4 cm³/mol. The molecule has 5 heteroatoms. The Morgan fingerprint density at radius 1 is 1.40 bits per heavy atom. The standard InChI is InChI=1S/C15H21F2NO2/c1-18(6-7-20-10-11-2-3-11)9-15(19)13-5-4-12(16)8-14(13)17/h4-5,8,11,15,19H,2-3,6-7,9-10H2,1H3. The van der Waals surface area contributed by atoms with Crippen LogP contribution in [-0.4, -0.2) is 43.4 Å². The highest BCUT2D eigenvalue weighted by atomic mass is 19.1. The fourth-order valence-electron chi connectivity index (χ4n) is 2.01. The molecule has 1 aromatic carbocycles. The number of halogens is 2. The van der Waals surface area contributed by atoms with E-state index in [4.69, 9.17) is 4.74 Å². The number of aliphatic hydroxyl groups is 1. The third-order valence-corrected chi connectivity index (χ3v) is 3.47. The van der Waals surface area contributed by atoms with E-state index in [1.807, 2.05) is 11.9 Å². The van der Waals surface area contributed by atoms with Crippen LogP contribution in [0.1, 0.15) is 24.5 Å². The summed E-state index contributed by atoms with van der Waals surface area (Å²) in [6, 6.07) is 3.23. The SMILES string of the molecule is CN(CCOCC1CC1)CC(O)c1ccc(F)cc1F. The van der Waals surface area contributed by atoms with Crippen LogP contribution in [0.4, 0.5) is 8.78 Å². The van der Waals surface area contributed by atoms with Crippen molar-refractivity contribution < 1.29 is 18.6 Å². The lowest BCUT2D eigenvalue weighted by Gasteiger charge is -2.21. The summed E-state index contributed by atoms with van der Waals surface area (Å²) in [5.41, 5.74) is 0.122. The minimum atomic E-state index is -0.968. The molecular weight excluding hydrogens is 264 g/mol. The van der Waals surface area contributed by atoms with Gasteiger partial charge >= 0.3 is 0 Å². The van der Waals surface area contributed by atoms with Gasteiger partial charge in [0.15, 0.2) is 0 Å². The Bertz CT molecular complexity index is 438. The molecule has 0 radical (unpaired) electrons. The van der Waals surface area contributed by atoms with Crippen molar-refractivity contribution in [2.24, 2.45) is 5.92 Å². The highest BCUT2D eigenvalue weighted by Gasteiger charge is 2.21. The van der Waals surface area contributed by atoms with Crippen LogP contribution >= 0.6 is 0 Å². The first-order valence-electron chi connectivity index (χ1n) is 6.95. The smallest absolute Gasteiger partial charge is 0.131 e. The van der Waals surface area contributed by atoms with Gasteiger partial charge in [-0.05, 0) is 31.9 Å². The molecule has 1 N–H and O–H groups in total. The van der Waals surface area contributed by atoms with Crippen LogP contribution in [-0.2, 0) is 4.74 Å². The van der Waals surface area contributed by atoms with E-state index >= 15 is 0 Å². The van der Waals surface area contributed by atoms with Crippen molar-refractivity contribution in [1.82, 2.24) is 4.90 Å². The lowest BCUT2D eigenvalue weighted by atomic mass is 10.1. The van der Waals surface area contributed by atoms with E-state index in [-0.39, 0.29) is 12.1 Å².